The summed E-state index contributed by atoms with van der Waals surface area (Å²) >= 11 is 0. The van der Waals surface area contributed by atoms with Crippen molar-refractivity contribution in [2.24, 2.45) is 7.05 Å². The summed E-state index contributed by atoms with van der Waals surface area (Å²) in [6.45, 7) is 5.10. The van der Waals surface area contributed by atoms with Crippen LogP contribution >= 0.6 is 0 Å². The maximum absolute atomic E-state index is 4.52. The summed E-state index contributed by atoms with van der Waals surface area (Å²) < 4.78 is 2.16. The van der Waals surface area contributed by atoms with Crippen LogP contribution in [-0.2, 0) is 20.0 Å². The summed E-state index contributed by atoms with van der Waals surface area (Å²) in [5.74, 6) is 1.16. The molecule has 68 valence electrons. The lowest BCUT2D eigenvalue weighted by Gasteiger charge is -1.99. The van der Waals surface area contributed by atoms with Gasteiger partial charge in [-0.1, -0.05) is 6.92 Å². The fourth-order valence-corrected chi connectivity index (χ4v) is 1.35. The molecule has 0 unspecified atom stereocenters. The second-order valence-corrected chi connectivity index (χ2v) is 3.00. The molecule has 3 nitrogen and oxygen atoms in total. The third-order valence-electron chi connectivity index (χ3n) is 2.23. The molecule has 0 aliphatic rings. The van der Waals surface area contributed by atoms with Crippen molar-refractivity contribution in [2.75, 3.05) is 7.05 Å². The zero-order valence-corrected chi connectivity index (χ0v) is 8.31. The van der Waals surface area contributed by atoms with E-state index in [0.717, 1.165) is 24.5 Å². The van der Waals surface area contributed by atoms with E-state index in [1.807, 2.05) is 7.05 Å². The van der Waals surface area contributed by atoms with Crippen LogP contribution in [0.2, 0.25) is 0 Å². The Kier molecular flexibility index (Phi) is 2.87. The first-order valence-corrected chi connectivity index (χ1v) is 4.36. The highest BCUT2D eigenvalue weighted by molar-refractivity contribution is 5.15. The van der Waals surface area contributed by atoms with Crippen LogP contribution in [0, 0.1) is 6.92 Å². The molecule has 0 amide bonds. The van der Waals surface area contributed by atoms with Crippen molar-refractivity contribution in [1.29, 1.82) is 0 Å². The monoisotopic (exact) mass is 167 g/mol. The van der Waals surface area contributed by atoms with Crippen molar-refractivity contribution in [3.63, 3.8) is 0 Å². The summed E-state index contributed by atoms with van der Waals surface area (Å²) in [6.07, 6.45) is 1.00. The van der Waals surface area contributed by atoms with Gasteiger partial charge >= 0.3 is 0 Å². The van der Waals surface area contributed by atoms with Crippen molar-refractivity contribution < 1.29 is 0 Å². The molecule has 0 aliphatic heterocycles. The smallest absolute Gasteiger partial charge is 0.108 e. The number of nitrogens with zero attached hydrogens (tertiary/aromatic N) is 2. The van der Waals surface area contributed by atoms with E-state index in [-0.39, 0.29) is 0 Å². The van der Waals surface area contributed by atoms with Gasteiger partial charge in [0.05, 0.1) is 5.69 Å². The second-order valence-electron chi connectivity index (χ2n) is 3.00. The molecular weight excluding hydrogens is 150 g/mol. The van der Waals surface area contributed by atoms with Crippen LogP contribution < -0.4 is 5.32 Å². The molecule has 0 saturated heterocycles. The van der Waals surface area contributed by atoms with Gasteiger partial charge in [-0.2, -0.15) is 0 Å². The normalized spacial score (nSPS) is 10.7. The Bertz CT molecular complexity index is 263. The number of hydrogen-bond donors (Lipinski definition) is 1. The molecule has 0 saturated carbocycles. The first-order valence-electron chi connectivity index (χ1n) is 4.36. The van der Waals surface area contributed by atoms with Gasteiger partial charge in [0.2, 0.25) is 0 Å². The predicted octanol–water partition coefficient (Wildman–Crippen LogP) is 1.01. The highest BCUT2D eigenvalue weighted by atomic mass is 15.1. The summed E-state index contributed by atoms with van der Waals surface area (Å²) in [5, 5.41) is 3.11. The summed E-state index contributed by atoms with van der Waals surface area (Å²) in [4.78, 5) is 4.52. The van der Waals surface area contributed by atoms with Gasteiger partial charge in [-0.3, -0.25) is 0 Å². The summed E-state index contributed by atoms with van der Waals surface area (Å²) in [7, 11) is 4.01. The Hall–Kier alpha value is -0.830. The van der Waals surface area contributed by atoms with E-state index in [2.05, 4.69) is 35.8 Å². The maximum atomic E-state index is 4.52. The van der Waals surface area contributed by atoms with E-state index >= 15 is 0 Å². The highest BCUT2D eigenvalue weighted by Crippen LogP contribution is 2.08. The molecule has 12 heavy (non-hydrogen) atoms. The SMILES string of the molecule is CCc1nc(CNC)c(C)n1C. The van der Waals surface area contributed by atoms with E-state index in [0.29, 0.717) is 0 Å². The minimum Gasteiger partial charge on any atom is -0.335 e. The number of imidazole rings is 1. The van der Waals surface area contributed by atoms with Crippen molar-refractivity contribution in [1.82, 2.24) is 14.9 Å². The highest BCUT2D eigenvalue weighted by Gasteiger charge is 2.07. The molecule has 0 spiro atoms. The van der Waals surface area contributed by atoms with Crippen LogP contribution in [0.1, 0.15) is 24.1 Å². The topological polar surface area (TPSA) is 29.9 Å². The van der Waals surface area contributed by atoms with Crippen LogP contribution in [0.5, 0.6) is 0 Å². The minimum absolute atomic E-state index is 0.861. The van der Waals surface area contributed by atoms with E-state index < -0.39 is 0 Å². The van der Waals surface area contributed by atoms with Crippen molar-refractivity contribution >= 4 is 0 Å². The van der Waals surface area contributed by atoms with Gasteiger partial charge in [0, 0.05) is 25.7 Å². The van der Waals surface area contributed by atoms with Crippen LogP contribution in [0.15, 0.2) is 0 Å². The lowest BCUT2D eigenvalue weighted by molar-refractivity contribution is 0.779. The molecule has 1 aromatic heterocycles. The lowest BCUT2D eigenvalue weighted by atomic mass is 10.3. The minimum atomic E-state index is 0.861. The number of aromatic nitrogens is 2. The second kappa shape index (κ2) is 3.72. The molecule has 0 atom stereocenters. The van der Waals surface area contributed by atoms with Gasteiger partial charge in [-0.15, -0.1) is 0 Å². The molecule has 0 bridgehead atoms. The Balaban J connectivity index is 2.98. The number of aryl methyl sites for hydroxylation is 1. The molecule has 0 radical (unpaired) electrons. The van der Waals surface area contributed by atoms with Crippen molar-refractivity contribution in [2.45, 2.75) is 26.8 Å². The van der Waals surface area contributed by atoms with Gasteiger partial charge in [-0.05, 0) is 14.0 Å². The van der Waals surface area contributed by atoms with Gasteiger partial charge in [0.15, 0.2) is 0 Å². The third kappa shape index (κ3) is 1.50. The lowest BCUT2D eigenvalue weighted by Crippen LogP contribution is -2.07. The zero-order chi connectivity index (χ0) is 9.14. The largest absolute Gasteiger partial charge is 0.335 e. The Morgan fingerprint density at radius 1 is 1.50 bits per heavy atom. The van der Waals surface area contributed by atoms with Crippen LogP contribution in [0.25, 0.3) is 0 Å². The third-order valence-corrected chi connectivity index (χ3v) is 2.23. The number of nitrogens with one attached hydrogen (secondary N) is 1. The predicted molar refractivity (Wildman–Crippen MR) is 50.1 cm³/mol. The first-order chi connectivity index (χ1) is 5.70. The molecule has 0 aliphatic carbocycles. The van der Waals surface area contributed by atoms with E-state index in [4.69, 9.17) is 0 Å². The molecular formula is C9H17N3. The Morgan fingerprint density at radius 3 is 2.58 bits per heavy atom. The van der Waals surface area contributed by atoms with Gasteiger partial charge < -0.3 is 9.88 Å². The Labute approximate surface area is 73.8 Å². The molecule has 3 heteroatoms. The van der Waals surface area contributed by atoms with Gasteiger partial charge in [0.1, 0.15) is 5.82 Å². The molecule has 1 heterocycles. The van der Waals surface area contributed by atoms with Crippen molar-refractivity contribution in [3.05, 3.63) is 17.2 Å². The van der Waals surface area contributed by atoms with Crippen LogP contribution in [-0.4, -0.2) is 16.6 Å². The molecule has 1 N–H and O–H groups in total. The van der Waals surface area contributed by atoms with E-state index in [9.17, 15) is 0 Å². The molecule has 0 fully saturated rings. The number of rotatable bonds is 3. The summed E-state index contributed by atoms with van der Waals surface area (Å²) in [5.41, 5.74) is 2.43. The number of hydrogen-bond acceptors (Lipinski definition) is 2. The average molecular weight is 167 g/mol. The van der Waals surface area contributed by atoms with Crippen LogP contribution in [0.3, 0.4) is 0 Å². The Morgan fingerprint density at radius 2 is 2.17 bits per heavy atom. The fraction of sp³-hybridized carbons (Fsp3) is 0.667. The van der Waals surface area contributed by atoms with E-state index in [1.165, 1.54) is 5.69 Å². The fourth-order valence-electron chi connectivity index (χ4n) is 1.35. The molecule has 0 aromatic carbocycles. The first kappa shape index (κ1) is 9.26. The maximum Gasteiger partial charge on any atom is 0.108 e. The molecule has 1 rings (SSSR count). The van der Waals surface area contributed by atoms with Crippen LogP contribution in [0.4, 0.5) is 0 Å². The quantitative estimate of drug-likeness (QED) is 0.728. The van der Waals surface area contributed by atoms with Gasteiger partial charge in [-0.25, -0.2) is 4.98 Å². The summed E-state index contributed by atoms with van der Waals surface area (Å²) in [6, 6.07) is 0. The average Bonchev–Trinajstić information content (AvgIpc) is 2.33. The molecule has 1 aromatic rings. The van der Waals surface area contributed by atoms with E-state index in [1.54, 1.807) is 0 Å². The van der Waals surface area contributed by atoms with Gasteiger partial charge in [0.25, 0.3) is 0 Å². The zero-order valence-electron chi connectivity index (χ0n) is 8.31. The van der Waals surface area contributed by atoms with Crippen molar-refractivity contribution in [3.8, 4) is 0 Å². The standard InChI is InChI=1S/C9H17N3/c1-5-9-11-8(6-10-3)7(2)12(9)4/h10H,5-6H2,1-4H3.